The van der Waals surface area contributed by atoms with E-state index in [0.29, 0.717) is 18.4 Å². The number of nitrogens with one attached hydrogen (secondary N) is 2. The third-order valence-corrected chi connectivity index (χ3v) is 3.41. The Kier molecular flexibility index (Phi) is 5.31. The van der Waals surface area contributed by atoms with Crippen LogP contribution >= 0.6 is 0 Å². The van der Waals surface area contributed by atoms with E-state index in [1.165, 1.54) is 0 Å². The lowest BCUT2D eigenvalue weighted by atomic mass is 10.1. The summed E-state index contributed by atoms with van der Waals surface area (Å²) in [7, 11) is 1.63. The van der Waals surface area contributed by atoms with Crippen molar-refractivity contribution in [3.8, 4) is 0 Å². The van der Waals surface area contributed by atoms with Gasteiger partial charge in [-0.25, -0.2) is 0 Å². The average Bonchev–Trinajstić information content (AvgIpc) is 2.53. The predicted octanol–water partition coefficient (Wildman–Crippen LogP) is 2.93. The van der Waals surface area contributed by atoms with Gasteiger partial charge in [-0.1, -0.05) is 29.8 Å². The molecule has 4 nitrogen and oxygen atoms in total. The van der Waals surface area contributed by atoms with Crippen LogP contribution in [0.2, 0.25) is 0 Å². The van der Waals surface area contributed by atoms with Gasteiger partial charge in [0.25, 0.3) is 5.91 Å². The van der Waals surface area contributed by atoms with Crippen molar-refractivity contribution in [1.29, 1.82) is 0 Å². The smallest absolute Gasteiger partial charge is 0.255 e. The number of anilines is 1. The Morgan fingerprint density at radius 1 is 1.05 bits per heavy atom. The van der Waals surface area contributed by atoms with Crippen molar-refractivity contribution in [2.75, 3.05) is 12.4 Å². The van der Waals surface area contributed by atoms with Gasteiger partial charge < -0.3 is 10.6 Å². The summed E-state index contributed by atoms with van der Waals surface area (Å²) >= 11 is 0. The van der Waals surface area contributed by atoms with E-state index in [4.69, 9.17) is 0 Å². The molecule has 0 heterocycles. The first-order valence-corrected chi connectivity index (χ1v) is 7.26. The van der Waals surface area contributed by atoms with Gasteiger partial charge in [0.05, 0.1) is 0 Å². The minimum atomic E-state index is -0.123. The minimum absolute atomic E-state index is 0.0248. The van der Waals surface area contributed by atoms with E-state index in [1.54, 1.807) is 13.1 Å². The van der Waals surface area contributed by atoms with E-state index in [-0.39, 0.29) is 11.8 Å². The SMILES string of the molecule is CNC(=O)CCc1ccc(NC(=O)c2cccc(C)c2)cc1. The molecule has 22 heavy (non-hydrogen) atoms. The molecule has 0 aromatic heterocycles. The monoisotopic (exact) mass is 296 g/mol. The molecule has 0 aliphatic carbocycles. The average molecular weight is 296 g/mol. The van der Waals surface area contributed by atoms with Crippen LogP contribution in [0.1, 0.15) is 27.9 Å². The zero-order valence-corrected chi connectivity index (χ0v) is 12.8. The molecular weight excluding hydrogens is 276 g/mol. The highest BCUT2D eigenvalue weighted by atomic mass is 16.2. The van der Waals surface area contributed by atoms with Crippen molar-refractivity contribution in [2.24, 2.45) is 0 Å². The molecule has 0 radical (unpaired) electrons. The fraction of sp³-hybridized carbons (Fsp3) is 0.222. The third-order valence-electron chi connectivity index (χ3n) is 3.41. The molecule has 2 aromatic rings. The molecule has 0 fully saturated rings. The van der Waals surface area contributed by atoms with Crippen LogP contribution in [0, 0.1) is 6.92 Å². The third kappa shape index (κ3) is 4.45. The second-order valence-electron chi connectivity index (χ2n) is 5.19. The van der Waals surface area contributed by atoms with Crippen molar-refractivity contribution in [2.45, 2.75) is 19.8 Å². The van der Waals surface area contributed by atoms with Crippen LogP contribution in [0.15, 0.2) is 48.5 Å². The van der Waals surface area contributed by atoms with Gasteiger partial charge in [0.1, 0.15) is 0 Å². The highest BCUT2D eigenvalue weighted by molar-refractivity contribution is 6.04. The Morgan fingerprint density at radius 2 is 1.77 bits per heavy atom. The zero-order chi connectivity index (χ0) is 15.9. The maximum Gasteiger partial charge on any atom is 0.255 e. The molecule has 0 aliphatic rings. The minimum Gasteiger partial charge on any atom is -0.359 e. The van der Waals surface area contributed by atoms with Crippen molar-refractivity contribution in [3.05, 3.63) is 65.2 Å². The summed E-state index contributed by atoms with van der Waals surface area (Å²) in [4.78, 5) is 23.4. The van der Waals surface area contributed by atoms with Crippen LogP contribution in [0.25, 0.3) is 0 Å². The van der Waals surface area contributed by atoms with E-state index < -0.39 is 0 Å². The Hall–Kier alpha value is -2.62. The first-order chi connectivity index (χ1) is 10.6. The standard InChI is InChI=1S/C18H20N2O2/c1-13-4-3-5-15(12-13)18(22)20-16-9-6-14(7-10-16)8-11-17(21)19-2/h3-7,9-10,12H,8,11H2,1-2H3,(H,19,21)(H,20,22). The first-order valence-electron chi connectivity index (χ1n) is 7.26. The van der Waals surface area contributed by atoms with Crippen LogP contribution in [-0.4, -0.2) is 18.9 Å². The van der Waals surface area contributed by atoms with Crippen LogP contribution < -0.4 is 10.6 Å². The summed E-state index contributed by atoms with van der Waals surface area (Å²) in [6.45, 7) is 1.96. The molecule has 2 rings (SSSR count). The Bertz CT molecular complexity index is 663. The van der Waals surface area contributed by atoms with Crippen LogP contribution in [0.3, 0.4) is 0 Å². The van der Waals surface area contributed by atoms with Gasteiger partial charge in [0.15, 0.2) is 0 Å². The second kappa shape index (κ2) is 7.41. The fourth-order valence-electron chi connectivity index (χ4n) is 2.13. The lowest BCUT2D eigenvalue weighted by Crippen LogP contribution is -2.17. The number of carbonyl (C=O) groups is 2. The van der Waals surface area contributed by atoms with Gasteiger partial charge in [0.2, 0.25) is 5.91 Å². The largest absolute Gasteiger partial charge is 0.359 e. The summed E-state index contributed by atoms with van der Waals surface area (Å²) < 4.78 is 0. The Labute approximate surface area is 130 Å². The van der Waals surface area contributed by atoms with Gasteiger partial charge >= 0.3 is 0 Å². The van der Waals surface area contributed by atoms with E-state index in [2.05, 4.69) is 10.6 Å². The molecule has 0 saturated carbocycles. The molecule has 0 aliphatic heterocycles. The predicted molar refractivity (Wildman–Crippen MR) is 88.0 cm³/mol. The van der Waals surface area contributed by atoms with Crippen molar-refractivity contribution in [1.82, 2.24) is 5.32 Å². The van der Waals surface area contributed by atoms with Crippen LogP contribution in [-0.2, 0) is 11.2 Å². The zero-order valence-electron chi connectivity index (χ0n) is 12.8. The molecule has 0 bridgehead atoms. The normalized spacial score (nSPS) is 10.1. The van der Waals surface area contributed by atoms with E-state index in [1.807, 2.05) is 49.4 Å². The number of hydrogen-bond acceptors (Lipinski definition) is 2. The molecule has 0 unspecified atom stereocenters. The topological polar surface area (TPSA) is 58.2 Å². The highest BCUT2D eigenvalue weighted by Gasteiger charge is 2.06. The number of carbonyl (C=O) groups excluding carboxylic acids is 2. The maximum absolute atomic E-state index is 12.1. The van der Waals surface area contributed by atoms with Crippen molar-refractivity contribution < 1.29 is 9.59 Å². The van der Waals surface area contributed by atoms with Gasteiger partial charge in [0, 0.05) is 24.7 Å². The number of rotatable bonds is 5. The molecule has 2 aromatic carbocycles. The van der Waals surface area contributed by atoms with Gasteiger partial charge in [-0.15, -0.1) is 0 Å². The van der Waals surface area contributed by atoms with Crippen LogP contribution in [0.4, 0.5) is 5.69 Å². The lowest BCUT2D eigenvalue weighted by molar-refractivity contribution is -0.120. The van der Waals surface area contributed by atoms with Crippen molar-refractivity contribution in [3.63, 3.8) is 0 Å². The summed E-state index contributed by atoms with van der Waals surface area (Å²) in [6.07, 6.45) is 1.15. The number of hydrogen-bond donors (Lipinski definition) is 2. The Balaban J connectivity index is 1.96. The summed E-state index contributed by atoms with van der Waals surface area (Å²) in [6, 6.07) is 15.0. The number of amides is 2. The molecule has 2 amide bonds. The molecule has 0 spiro atoms. The second-order valence-corrected chi connectivity index (χ2v) is 5.19. The van der Waals surface area contributed by atoms with Gasteiger partial charge in [-0.2, -0.15) is 0 Å². The quantitative estimate of drug-likeness (QED) is 0.891. The first kappa shape index (κ1) is 15.8. The van der Waals surface area contributed by atoms with Crippen LogP contribution in [0.5, 0.6) is 0 Å². The lowest BCUT2D eigenvalue weighted by Gasteiger charge is -2.07. The molecule has 0 atom stereocenters. The molecule has 2 N–H and O–H groups in total. The van der Waals surface area contributed by atoms with Gasteiger partial charge in [-0.3, -0.25) is 9.59 Å². The van der Waals surface area contributed by atoms with E-state index in [0.717, 1.165) is 16.8 Å². The molecule has 114 valence electrons. The number of aryl methyl sites for hydroxylation is 2. The number of benzene rings is 2. The molecule has 0 saturated heterocycles. The van der Waals surface area contributed by atoms with E-state index >= 15 is 0 Å². The van der Waals surface area contributed by atoms with Crippen molar-refractivity contribution >= 4 is 17.5 Å². The summed E-state index contributed by atoms with van der Waals surface area (Å²) in [5.74, 6) is -0.0985. The summed E-state index contributed by atoms with van der Waals surface area (Å²) in [5, 5.41) is 5.47. The maximum atomic E-state index is 12.1. The highest BCUT2D eigenvalue weighted by Crippen LogP contribution is 2.13. The molecular formula is C18H20N2O2. The fourth-order valence-corrected chi connectivity index (χ4v) is 2.13. The Morgan fingerprint density at radius 3 is 2.41 bits per heavy atom. The molecule has 4 heteroatoms. The summed E-state index contributed by atoms with van der Waals surface area (Å²) in [5.41, 5.74) is 3.51. The van der Waals surface area contributed by atoms with E-state index in [9.17, 15) is 9.59 Å². The van der Waals surface area contributed by atoms with Gasteiger partial charge in [-0.05, 0) is 43.2 Å².